The van der Waals surface area contributed by atoms with Crippen LogP contribution < -0.4 is 0 Å². The fraction of sp³-hybridized carbons (Fsp3) is 0.533. The molecule has 0 aromatic heterocycles. The van der Waals surface area contributed by atoms with Gasteiger partial charge in [0, 0.05) is 19.0 Å². The van der Waals surface area contributed by atoms with Crippen LogP contribution in [0.2, 0.25) is 0 Å². The maximum atomic E-state index is 11.6. The van der Waals surface area contributed by atoms with Crippen LogP contribution in [0.1, 0.15) is 44.6 Å². The van der Waals surface area contributed by atoms with E-state index in [0.717, 1.165) is 13.0 Å². The predicted octanol–water partition coefficient (Wildman–Crippen LogP) is 3.37. The third-order valence-corrected chi connectivity index (χ3v) is 3.51. The molecule has 0 bridgehead atoms. The fourth-order valence-corrected chi connectivity index (χ4v) is 2.41. The zero-order chi connectivity index (χ0) is 12.1. The molecule has 0 aliphatic carbocycles. The highest BCUT2D eigenvalue weighted by atomic mass is 16.2. The van der Waals surface area contributed by atoms with Gasteiger partial charge >= 0.3 is 0 Å². The smallest absolute Gasteiger partial charge is 0.225 e. The Morgan fingerprint density at radius 1 is 1.24 bits per heavy atom. The number of carbonyl (C=O) groups excluding carboxylic acids is 1. The van der Waals surface area contributed by atoms with E-state index in [1.54, 1.807) is 0 Å². The van der Waals surface area contributed by atoms with E-state index < -0.39 is 0 Å². The second-order valence-corrected chi connectivity index (χ2v) is 4.86. The number of nitrogens with zero attached hydrogens (tertiary/aromatic N) is 1. The minimum atomic E-state index is 0.315. The first-order valence-electron chi connectivity index (χ1n) is 6.64. The van der Waals surface area contributed by atoms with E-state index in [2.05, 4.69) is 19.1 Å². The second kappa shape index (κ2) is 5.85. The van der Waals surface area contributed by atoms with E-state index >= 15 is 0 Å². The first-order chi connectivity index (χ1) is 8.31. The Labute approximate surface area is 104 Å². The highest BCUT2D eigenvalue weighted by molar-refractivity contribution is 5.83. The van der Waals surface area contributed by atoms with Crippen molar-refractivity contribution in [2.24, 2.45) is 0 Å². The van der Waals surface area contributed by atoms with Crippen LogP contribution in [0, 0.1) is 0 Å². The number of rotatable bonds is 6. The Balaban J connectivity index is 1.84. The van der Waals surface area contributed by atoms with Gasteiger partial charge in [0.2, 0.25) is 5.91 Å². The zero-order valence-corrected chi connectivity index (χ0v) is 10.6. The number of amides is 1. The highest BCUT2D eigenvalue weighted by Crippen LogP contribution is 2.26. The number of carbonyl (C=O) groups is 1. The van der Waals surface area contributed by atoms with E-state index in [1.807, 2.05) is 23.1 Å². The highest BCUT2D eigenvalue weighted by Gasteiger charge is 2.34. The summed E-state index contributed by atoms with van der Waals surface area (Å²) in [6, 6.07) is 10.8. The van der Waals surface area contributed by atoms with Crippen LogP contribution in [-0.4, -0.2) is 16.8 Å². The molecule has 0 saturated carbocycles. The van der Waals surface area contributed by atoms with Gasteiger partial charge in [-0.3, -0.25) is 4.79 Å². The number of hydrogen-bond acceptors (Lipinski definition) is 1. The third kappa shape index (κ3) is 3.09. The molecule has 0 spiro atoms. The summed E-state index contributed by atoms with van der Waals surface area (Å²) in [5.74, 6) is 0.315. The summed E-state index contributed by atoms with van der Waals surface area (Å²) in [6.07, 6.45) is 5.71. The number of hydrogen-bond donors (Lipinski definition) is 0. The van der Waals surface area contributed by atoms with Crippen molar-refractivity contribution in [2.45, 2.75) is 51.6 Å². The maximum Gasteiger partial charge on any atom is 0.225 e. The Kier molecular flexibility index (Phi) is 4.18. The minimum Gasteiger partial charge on any atom is -0.335 e. The van der Waals surface area contributed by atoms with Gasteiger partial charge in [0.05, 0.1) is 0 Å². The van der Waals surface area contributed by atoms with Gasteiger partial charge in [-0.05, 0) is 12.0 Å². The van der Waals surface area contributed by atoms with E-state index in [1.165, 1.54) is 31.2 Å². The molecule has 2 nitrogen and oxygen atoms in total. The van der Waals surface area contributed by atoms with Crippen LogP contribution in [-0.2, 0) is 11.3 Å². The number of β-lactam (4-membered cyclic amide) rings is 1. The quantitative estimate of drug-likeness (QED) is 0.543. The molecule has 1 heterocycles. The SMILES string of the molecule is CCCCCC1CC(=O)N1Cc1ccccc1. The van der Waals surface area contributed by atoms with Gasteiger partial charge in [0.25, 0.3) is 0 Å². The Morgan fingerprint density at radius 3 is 2.65 bits per heavy atom. The molecular weight excluding hydrogens is 210 g/mol. The second-order valence-electron chi connectivity index (χ2n) is 4.86. The number of benzene rings is 1. The number of unbranched alkanes of at least 4 members (excludes halogenated alkanes) is 2. The Hall–Kier alpha value is -1.31. The van der Waals surface area contributed by atoms with Crippen molar-refractivity contribution in [3.8, 4) is 0 Å². The van der Waals surface area contributed by atoms with Crippen LogP contribution in [0.15, 0.2) is 30.3 Å². The van der Waals surface area contributed by atoms with Crippen molar-refractivity contribution in [1.29, 1.82) is 0 Å². The lowest BCUT2D eigenvalue weighted by atomic mass is 9.95. The third-order valence-electron chi connectivity index (χ3n) is 3.51. The summed E-state index contributed by atoms with van der Waals surface area (Å²) >= 11 is 0. The predicted molar refractivity (Wildman–Crippen MR) is 69.5 cm³/mol. The largest absolute Gasteiger partial charge is 0.335 e. The lowest BCUT2D eigenvalue weighted by Gasteiger charge is -2.40. The standard InChI is InChI=1S/C15H21NO/c1-2-3-5-10-14-11-15(17)16(14)12-13-8-6-4-7-9-13/h4,6-9,14H,2-3,5,10-12H2,1H3. The molecule has 0 radical (unpaired) electrons. The first kappa shape index (κ1) is 12.2. The van der Waals surface area contributed by atoms with Crippen LogP contribution >= 0.6 is 0 Å². The van der Waals surface area contributed by atoms with E-state index in [4.69, 9.17) is 0 Å². The van der Waals surface area contributed by atoms with E-state index in [-0.39, 0.29) is 0 Å². The number of likely N-dealkylation sites (tertiary alicyclic amines) is 1. The van der Waals surface area contributed by atoms with Gasteiger partial charge in [0.1, 0.15) is 0 Å². The van der Waals surface area contributed by atoms with Gasteiger partial charge in [-0.25, -0.2) is 0 Å². The average molecular weight is 231 g/mol. The van der Waals surface area contributed by atoms with Crippen molar-refractivity contribution in [2.75, 3.05) is 0 Å². The van der Waals surface area contributed by atoms with Crippen molar-refractivity contribution in [1.82, 2.24) is 4.90 Å². The van der Waals surface area contributed by atoms with Gasteiger partial charge in [-0.15, -0.1) is 0 Å². The van der Waals surface area contributed by atoms with Crippen LogP contribution in [0.4, 0.5) is 0 Å². The maximum absolute atomic E-state index is 11.6. The lowest BCUT2D eigenvalue weighted by molar-refractivity contribution is -0.147. The molecule has 1 aliphatic rings. The molecule has 1 fully saturated rings. The first-order valence-corrected chi connectivity index (χ1v) is 6.64. The summed E-state index contributed by atoms with van der Waals surface area (Å²) in [7, 11) is 0. The monoisotopic (exact) mass is 231 g/mol. The summed E-state index contributed by atoms with van der Waals surface area (Å²) < 4.78 is 0. The molecular formula is C15H21NO. The lowest BCUT2D eigenvalue weighted by Crippen LogP contribution is -2.51. The molecule has 1 aromatic rings. The van der Waals surface area contributed by atoms with E-state index in [9.17, 15) is 4.79 Å². The molecule has 92 valence electrons. The molecule has 1 amide bonds. The van der Waals surface area contributed by atoms with Gasteiger partial charge in [-0.1, -0.05) is 56.5 Å². The van der Waals surface area contributed by atoms with Crippen LogP contribution in [0.25, 0.3) is 0 Å². The summed E-state index contributed by atoms with van der Waals surface area (Å²) in [5.41, 5.74) is 1.24. The molecule has 1 saturated heterocycles. The molecule has 1 unspecified atom stereocenters. The Morgan fingerprint density at radius 2 is 2.00 bits per heavy atom. The van der Waals surface area contributed by atoms with E-state index in [0.29, 0.717) is 11.9 Å². The molecule has 0 N–H and O–H groups in total. The van der Waals surface area contributed by atoms with Gasteiger partial charge < -0.3 is 4.90 Å². The molecule has 1 aromatic carbocycles. The van der Waals surface area contributed by atoms with Gasteiger partial charge in [-0.2, -0.15) is 0 Å². The molecule has 2 rings (SSSR count). The van der Waals surface area contributed by atoms with Crippen molar-refractivity contribution in [3.63, 3.8) is 0 Å². The fourth-order valence-electron chi connectivity index (χ4n) is 2.41. The summed E-state index contributed by atoms with van der Waals surface area (Å²) in [4.78, 5) is 13.6. The average Bonchev–Trinajstić information content (AvgIpc) is 2.36. The summed E-state index contributed by atoms with van der Waals surface area (Å²) in [6.45, 7) is 3.00. The normalized spacial score (nSPS) is 19.2. The van der Waals surface area contributed by atoms with Gasteiger partial charge in [0.15, 0.2) is 0 Å². The summed E-state index contributed by atoms with van der Waals surface area (Å²) in [5, 5.41) is 0. The zero-order valence-electron chi connectivity index (χ0n) is 10.6. The van der Waals surface area contributed by atoms with Crippen molar-refractivity contribution >= 4 is 5.91 Å². The Bertz CT molecular complexity index is 360. The van der Waals surface area contributed by atoms with Crippen molar-refractivity contribution < 1.29 is 4.79 Å². The minimum absolute atomic E-state index is 0.315. The molecule has 17 heavy (non-hydrogen) atoms. The topological polar surface area (TPSA) is 20.3 Å². The molecule has 2 heteroatoms. The van der Waals surface area contributed by atoms with Crippen LogP contribution in [0.5, 0.6) is 0 Å². The molecule has 1 aliphatic heterocycles. The van der Waals surface area contributed by atoms with Crippen LogP contribution in [0.3, 0.4) is 0 Å². The van der Waals surface area contributed by atoms with Crippen molar-refractivity contribution in [3.05, 3.63) is 35.9 Å². The molecule has 1 atom stereocenters.